The molecule has 1 fully saturated rings. The van der Waals surface area contributed by atoms with Crippen molar-refractivity contribution in [3.63, 3.8) is 0 Å². The van der Waals surface area contributed by atoms with Gasteiger partial charge < -0.3 is 19.9 Å². The Morgan fingerprint density at radius 3 is 2.84 bits per heavy atom. The smallest absolute Gasteiger partial charge is 0.407 e. The Morgan fingerprint density at radius 2 is 2.12 bits per heavy atom. The van der Waals surface area contributed by atoms with Gasteiger partial charge in [-0.25, -0.2) is 9.78 Å². The highest BCUT2D eigenvalue weighted by Gasteiger charge is 2.32. The molecule has 7 nitrogen and oxygen atoms in total. The number of nitrogens with zero attached hydrogens (tertiary/aromatic N) is 2. The molecule has 132 valence electrons. The molecule has 0 radical (unpaired) electrons. The van der Waals surface area contributed by atoms with Crippen molar-refractivity contribution in [3.05, 3.63) is 41.9 Å². The van der Waals surface area contributed by atoms with E-state index in [9.17, 15) is 9.59 Å². The summed E-state index contributed by atoms with van der Waals surface area (Å²) in [5.41, 5.74) is 3.20. The molecule has 2 aromatic rings. The van der Waals surface area contributed by atoms with Crippen LogP contribution in [-0.4, -0.2) is 47.1 Å². The molecular weight excluding hydrogens is 320 g/mol. The van der Waals surface area contributed by atoms with Gasteiger partial charge in [-0.2, -0.15) is 0 Å². The number of nitrogens with one attached hydrogen (secondary N) is 2. The fourth-order valence-electron chi connectivity index (χ4n) is 3.06. The molecule has 0 aliphatic carbocycles. The normalized spacial score (nSPS) is 16.7. The fourth-order valence-corrected chi connectivity index (χ4v) is 3.06. The predicted molar refractivity (Wildman–Crippen MR) is 92.9 cm³/mol. The van der Waals surface area contributed by atoms with Crippen LogP contribution in [-0.2, 0) is 9.53 Å². The third kappa shape index (κ3) is 3.81. The number of hydrogen-bond acceptors (Lipinski definition) is 4. The molecule has 2 amide bonds. The van der Waals surface area contributed by atoms with Gasteiger partial charge in [0.1, 0.15) is 12.4 Å². The fraction of sp³-hybridized carbons (Fsp3) is 0.389. The molecule has 0 saturated carbocycles. The van der Waals surface area contributed by atoms with Crippen LogP contribution < -0.4 is 5.32 Å². The molecule has 7 heteroatoms. The molecule has 0 spiro atoms. The van der Waals surface area contributed by atoms with E-state index in [-0.39, 0.29) is 18.5 Å². The molecule has 1 atom stereocenters. The zero-order valence-electron chi connectivity index (χ0n) is 14.4. The first-order chi connectivity index (χ1) is 12.1. The number of carbonyl (C=O) groups is 2. The predicted octanol–water partition coefficient (Wildman–Crippen LogP) is 2.40. The first kappa shape index (κ1) is 17.0. The lowest BCUT2D eigenvalue weighted by molar-refractivity contribution is -0.131. The SMILES string of the molecule is COC(=O)NCC(=O)N1CCC[C@H]1c1ncc(-c2ccc(C)cc2)[nH]1. The van der Waals surface area contributed by atoms with E-state index in [2.05, 4.69) is 32.2 Å². The summed E-state index contributed by atoms with van der Waals surface area (Å²) >= 11 is 0. The molecule has 3 rings (SSSR count). The molecule has 0 unspecified atom stereocenters. The van der Waals surface area contributed by atoms with Gasteiger partial charge in [-0.3, -0.25) is 4.79 Å². The summed E-state index contributed by atoms with van der Waals surface area (Å²) in [6.07, 6.45) is 2.96. The van der Waals surface area contributed by atoms with Gasteiger partial charge in [0.05, 0.1) is 25.0 Å². The first-order valence-electron chi connectivity index (χ1n) is 8.31. The second kappa shape index (κ2) is 7.38. The van der Waals surface area contributed by atoms with Gasteiger partial charge in [0.25, 0.3) is 0 Å². The maximum Gasteiger partial charge on any atom is 0.407 e. The van der Waals surface area contributed by atoms with Crippen LogP contribution in [0.25, 0.3) is 11.3 Å². The van der Waals surface area contributed by atoms with E-state index < -0.39 is 6.09 Å². The van der Waals surface area contributed by atoms with Crippen molar-refractivity contribution in [2.75, 3.05) is 20.2 Å². The Hall–Kier alpha value is -2.83. The van der Waals surface area contributed by atoms with E-state index in [1.807, 2.05) is 19.1 Å². The highest BCUT2D eigenvalue weighted by atomic mass is 16.5. The van der Waals surface area contributed by atoms with Crippen LogP contribution >= 0.6 is 0 Å². The summed E-state index contributed by atoms with van der Waals surface area (Å²) in [7, 11) is 1.27. The average Bonchev–Trinajstić information content (AvgIpc) is 3.28. The largest absolute Gasteiger partial charge is 0.453 e. The molecule has 1 aromatic carbocycles. The Kier molecular flexibility index (Phi) is 5.02. The molecular formula is C18H22N4O3. The number of ether oxygens (including phenoxy) is 1. The summed E-state index contributed by atoms with van der Waals surface area (Å²) in [5, 5.41) is 2.43. The Morgan fingerprint density at radius 1 is 1.36 bits per heavy atom. The summed E-state index contributed by atoms with van der Waals surface area (Å²) in [6.45, 7) is 2.63. The van der Waals surface area contributed by atoms with Crippen molar-refractivity contribution in [2.24, 2.45) is 0 Å². The number of rotatable bonds is 4. The number of aromatic amines is 1. The number of likely N-dealkylation sites (tertiary alicyclic amines) is 1. The number of amides is 2. The van der Waals surface area contributed by atoms with E-state index in [1.54, 1.807) is 11.1 Å². The van der Waals surface area contributed by atoms with E-state index in [0.717, 1.165) is 29.9 Å². The number of aromatic nitrogens is 2. The van der Waals surface area contributed by atoms with Crippen LogP contribution in [0.2, 0.25) is 0 Å². The van der Waals surface area contributed by atoms with Crippen LogP contribution in [0.15, 0.2) is 30.5 Å². The standard InChI is InChI=1S/C18H22N4O3/c1-12-5-7-13(8-6-12)14-10-19-17(21-14)15-4-3-9-22(15)16(23)11-20-18(24)25-2/h5-8,10,15H,3-4,9,11H2,1-2H3,(H,19,21)(H,20,24)/t15-/m0/s1. The Bertz CT molecular complexity index is 754. The van der Waals surface area contributed by atoms with Crippen LogP contribution in [0.1, 0.15) is 30.3 Å². The van der Waals surface area contributed by atoms with Crippen molar-refractivity contribution >= 4 is 12.0 Å². The quantitative estimate of drug-likeness (QED) is 0.893. The van der Waals surface area contributed by atoms with E-state index in [4.69, 9.17) is 0 Å². The summed E-state index contributed by atoms with van der Waals surface area (Å²) in [4.78, 5) is 33.1. The van der Waals surface area contributed by atoms with Crippen molar-refractivity contribution in [3.8, 4) is 11.3 Å². The number of alkyl carbamates (subject to hydrolysis) is 1. The van der Waals surface area contributed by atoms with Crippen molar-refractivity contribution in [1.82, 2.24) is 20.2 Å². The van der Waals surface area contributed by atoms with Crippen molar-refractivity contribution in [1.29, 1.82) is 0 Å². The number of carbonyl (C=O) groups excluding carboxylic acids is 2. The van der Waals surface area contributed by atoms with Gasteiger partial charge in [-0.1, -0.05) is 29.8 Å². The molecule has 1 aliphatic rings. The van der Waals surface area contributed by atoms with E-state index in [1.165, 1.54) is 12.7 Å². The van der Waals surface area contributed by atoms with Crippen LogP contribution in [0, 0.1) is 6.92 Å². The highest BCUT2D eigenvalue weighted by molar-refractivity contribution is 5.82. The lowest BCUT2D eigenvalue weighted by atomic mass is 10.1. The Labute approximate surface area is 146 Å². The average molecular weight is 342 g/mol. The molecule has 2 N–H and O–H groups in total. The molecule has 0 bridgehead atoms. The minimum absolute atomic E-state index is 0.0747. The third-order valence-electron chi connectivity index (χ3n) is 4.42. The second-order valence-electron chi connectivity index (χ2n) is 6.14. The molecule has 1 aromatic heterocycles. The van der Waals surface area contributed by atoms with Gasteiger partial charge >= 0.3 is 6.09 Å². The number of benzene rings is 1. The molecule has 2 heterocycles. The maximum atomic E-state index is 12.4. The van der Waals surface area contributed by atoms with Crippen LogP contribution in [0.5, 0.6) is 0 Å². The summed E-state index contributed by atoms with van der Waals surface area (Å²) in [5.74, 6) is 0.640. The summed E-state index contributed by atoms with van der Waals surface area (Å²) < 4.78 is 4.50. The lowest BCUT2D eigenvalue weighted by Crippen LogP contribution is -2.40. The van der Waals surface area contributed by atoms with Crippen LogP contribution in [0.4, 0.5) is 4.79 Å². The monoisotopic (exact) mass is 342 g/mol. The molecule has 1 aliphatic heterocycles. The third-order valence-corrected chi connectivity index (χ3v) is 4.42. The van der Waals surface area contributed by atoms with Gasteiger partial charge in [0.2, 0.25) is 5.91 Å². The number of aryl methyl sites for hydroxylation is 1. The number of methoxy groups -OCH3 is 1. The van der Waals surface area contributed by atoms with Gasteiger partial charge in [-0.15, -0.1) is 0 Å². The minimum Gasteiger partial charge on any atom is -0.453 e. The second-order valence-corrected chi connectivity index (χ2v) is 6.14. The number of imidazole rings is 1. The molecule has 1 saturated heterocycles. The van der Waals surface area contributed by atoms with Crippen LogP contribution in [0.3, 0.4) is 0 Å². The number of H-pyrrole nitrogens is 1. The Balaban J connectivity index is 1.71. The highest BCUT2D eigenvalue weighted by Crippen LogP contribution is 2.31. The zero-order chi connectivity index (χ0) is 17.8. The van der Waals surface area contributed by atoms with Gasteiger partial charge in [-0.05, 0) is 25.3 Å². The van der Waals surface area contributed by atoms with E-state index in [0.29, 0.717) is 6.54 Å². The van der Waals surface area contributed by atoms with E-state index >= 15 is 0 Å². The topological polar surface area (TPSA) is 87.3 Å². The van der Waals surface area contributed by atoms with Gasteiger partial charge in [0, 0.05) is 6.54 Å². The lowest BCUT2D eigenvalue weighted by Gasteiger charge is -2.23. The summed E-state index contributed by atoms with van der Waals surface area (Å²) in [6, 6.07) is 8.11. The first-order valence-corrected chi connectivity index (χ1v) is 8.31. The minimum atomic E-state index is -0.608. The van der Waals surface area contributed by atoms with Crippen molar-refractivity contribution in [2.45, 2.75) is 25.8 Å². The van der Waals surface area contributed by atoms with Gasteiger partial charge in [0.15, 0.2) is 0 Å². The zero-order valence-corrected chi connectivity index (χ0v) is 14.4. The number of hydrogen-bond donors (Lipinski definition) is 2. The van der Waals surface area contributed by atoms with Crippen molar-refractivity contribution < 1.29 is 14.3 Å². The molecule has 25 heavy (non-hydrogen) atoms. The maximum absolute atomic E-state index is 12.4.